The van der Waals surface area contributed by atoms with Gasteiger partial charge in [-0.1, -0.05) is 60.7 Å². The standard InChI is InChI=1S/C14H23N3O2.C12H7F3O2.C4H10O/c15-8-4-7-13(16)14(19)17-12(10-18)9-11-5-2-1-3-6-11;13-12(14,15)11(16)17-10-6-5-8-3-1-2-4-9(8)7-10;1-3-5-4-2/h1-3,5-6,12-13,18H,4,7-10,15-16H2,(H,17,19);1-7H;3-4H2,1-2H3/t12-,13-;;/m1../s1. The minimum atomic E-state index is -4.98. The van der Waals surface area contributed by atoms with Crippen molar-refractivity contribution in [1.29, 1.82) is 0 Å². The molecule has 3 rings (SSSR count). The van der Waals surface area contributed by atoms with Gasteiger partial charge in [0.2, 0.25) is 5.91 Å². The lowest BCUT2D eigenvalue weighted by atomic mass is 10.1. The van der Waals surface area contributed by atoms with Crippen LogP contribution in [0.25, 0.3) is 10.8 Å². The van der Waals surface area contributed by atoms with E-state index >= 15 is 0 Å². The second-order valence-electron chi connectivity index (χ2n) is 8.79. The van der Waals surface area contributed by atoms with E-state index in [9.17, 15) is 27.9 Å². The monoisotopic (exact) mass is 579 g/mol. The van der Waals surface area contributed by atoms with Crippen LogP contribution in [0.3, 0.4) is 0 Å². The number of aliphatic hydroxyl groups excluding tert-OH is 1. The zero-order chi connectivity index (χ0) is 30.7. The number of ether oxygens (including phenoxy) is 2. The van der Waals surface area contributed by atoms with Crippen LogP contribution in [0.15, 0.2) is 72.8 Å². The zero-order valence-corrected chi connectivity index (χ0v) is 23.4. The maximum absolute atomic E-state index is 12.0. The molecule has 3 aromatic rings. The van der Waals surface area contributed by atoms with Crippen LogP contribution in [-0.4, -0.2) is 61.6 Å². The van der Waals surface area contributed by atoms with Crippen molar-refractivity contribution in [3.8, 4) is 5.75 Å². The molecule has 0 unspecified atom stereocenters. The second kappa shape index (κ2) is 19.5. The summed E-state index contributed by atoms with van der Waals surface area (Å²) in [7, 11) is 0. The summed E-state index contributed by atoms with van der Waals surface area (Å²) in [6.07, 6.45) is -3.11. The Kier molecular flexibility index (Phi) is 16.9. The predicted molar refractivity (Wildman–Crippen MR) is 153 cm³/mol. The van der Waals surface area contributed by atoms with Gasteiger partial charge < -0.3 is 31.4 Å². The van der Waals surface area contributed by atoms with Gasteiger partial charge in [-0.15, -0.1) is 0 Å². The quantitative estimate of drug-likeness (QED) is 0.198. The van der Waals surface area contributed by atoms with Gasteiger partial charge in [-0.2, -0.15) is 13.2 Å². The van der Waals surface area contributed by atoms with Crippen molar-refractivity contribution in [2.24, 2.45) is 11.5 Å². The molecule has 11 heteroatoms. The fraction of sp³-hybridized carbons (Fsp3) is 0.400. The molecule has 0 aliphatic heterocycles. The maximum atomic E-state index is 12.0. The number of hydrogen-bond acceptors (Lipinski definition) is 7. The maximum Gasteiger partial charge on any atom is 0.491 e. The summed E-state index contributed by atoms with van der Waals surface area (Å²) in [5.74, 6) is -2.57. The van der Waals surface area contributed by atoms with Crippen molar-refractivity contribution in [2.75, 3.05) is 26.4 Å². The summed E-state index contributed by atoms with van der Waals surface area (Å²) in [5, 5.41) is 13.7. The molecule has 0 fully saturated rings. The molecule has 0 aliphatic rings. The van der Waals surface area contributed by atoms with E-state index in [-0.39, 0.29) is 24.3 Å². The second-order valence-corrected chi connectivity index (χ2v) is 8.79. The van der Waals surface area contributed by atoms with Crippen molar-refractivity contribution in [3.05, 3.63) is 78.4 Å². The summed E-state index contributed by atoms with van der Waals surface area (Å²) in [5.41, 5.74) is 12.2. The van der Waals surface area contributed by atoms with Crippen LogP contribution in [0, 0.1) is 0 Å². The van der Waals surface area contributed by atoms with Crippen molar-refractivity contribution < 1.29 is 37.3 Å². The van der Waals surface area contributed by atoms with E-state index < -0.39 is 18.2 Å². The number of esters is 1. The number of benzene rings is 3. The van der Waals surface area contributed by atoms with Gasteiger partial charge in [-0.3, -0.25) is 4.79 Å². The molecule has 1 amide bonds. The van der Waals surface area contributed by atoms with E-state index in [1.54, 1.807) is 18.2 Å². The Morgan fingerprint density at radius 3 is 2.10 bits per heavy atom. The highest BCUT2D eigenvalue weighted by Crippen LogP contribution is 2.23. The van der Waals surface area contributed by atoms with E-state index in [1.807, 2.05) is 56.3 Å². The number of halogens is 3. The average Bonchev–Trinajstić information content (AvgIpc) is 2.96. The van der Waals surface area contributed by atoms with Gasteiger partial charge in [0.05, 0.1) is 18.7 Å². The predicted octanol–water partition coefficient (Wildman–Crippen LogP) is 4.12. The van der Waals surface area contributed by atoms with Gasteiger partial charge in [-0.25, -0.2) is 4.79 Å². The Morgan fingerprint density at radius 2 is 1.56 bits per heavy atom. The lowest BCUT2D eigenvalue weighted by Crippen LogP contribution is -2.47. The van der Waals surface area contributed by atoms with Crippen molar-refractivity contribution in [2.45, 2.75) is 51.4 Å². The first-order chi connectivity index (χ1) is 19.5. The molecule has 0 heterocycles. The van der Waals surface area contributed by atoms with E-state index in [4.69, 9.17) is 16.2 Å². The minimum Gasteiger partial charge on any atom is -0.420 e. The molecule has 6 N–H and O–H groups in total. The third-order valence-corrected chi connectivity index (χ3v) is 5.52. The third-order valence-electron chi connectivity index (χ3n) is 5.52. The van der Waals surface area contributed by atoms with Gasteiger partial charge in [0, 0.05) is 13.2 Å². The lowest BCUT2D eigenvalue weighted by molar-refractivity contribution is -0.189. The molecule has 0 spiro atoms. The van der Waals surface area contributed by atoms with Crippen LogP contribution in [0.5, 0.6) is 5.75 Å². The fourth-order valence-electron chi connectivity index (χ4n) is 3.44. The normalized spacial score (nSPS) is 12.2. The van der Waals surface area contributed by atoms with Gasteiger partial charge in [0.15, 0.2) is 0 Å². The first kappa shape index (κ1) is 35.5. The number of amides is 1. The fourth-order valence-corrected chi connectivity index (χ4v) is 3.44. The van der Waals surface area contributed by atoms with Crippen LogP contribution >= 0.6 is 0 Å². The Bertz CT molecular complexity index is 1160. The van der Waals surface area contributed by atoms with Crippen LogP contribution in [0.4, 0.5) is 13.2 Å². The molecule has 0 saturated carbocycles. The van der Waals surface area contributed by atoms with Crippen LogP contribution in [0.1, 0.15) is 32.3 Å². The summed E-state index contributed by atoms with van der Waals surface area (Å²) in [6, 6.07) is 20.2. The van der Waals surface area contributed by atoms with E-state index in [1.165, 1.54) is 12.1 Å². The van der Waals surface area contributed by atoms with Gasteiger partial charge in [0.1, 0.15) is 5.75 Å². The Hall–Kier alpha value is -3.51. The minimum absolute atomic E-state index is 0.107. The first-order valence-corrected chi connectivity index (χ1v) is 13.3. The first-order valence-electron chi connectivity index (χ1n) is 13.3. The Morgan fingerprint density at radius 1 is 0.951 bits per heavy atom. The Balaban J connectivity index is 0.000000354. The number of hydrogen-bond donors (Lipinski definition) is 4. The number of rotatable bonds is 11. The summed E-state index contributed by atoms with van der Waals surface area (Å²) in [4.78, 5) is 22.4. The van der Waals surface area contributed by atoms with E-state index in [0.29, 0.717) is 24.8 Å². The van der Waals surface area contributed by atoms with Crippen LogP contribution < -0.4 is 21.5 Å². The van der Waals surface area contributed by atoms with E-state index in [2.05, 4.69) is 10.1 Å². The summed E-state index contributed by atoms with van der Waals surface area (Å²) < 4.78 is 45.0. The molecular formula is C30H40F3N3O5. The third kappa shape index (κ3) is 14.6. The molecule has 0 radical (unpaired) electrons. The van der Waals surface area contributed by atoms with Gasteiger partial charge in [-0.05, 0) is 68.1 Å². The highest BCUT2D eigenvalue weighted by atomic mass is 19.4. The van der Waals surface area contributed by atoms with Crippen molar-refractivity contribution in [1.82, 2.24) is 5.32 Å². The molecule has 0 saturated heterocycles. The Labute approximate surface area is 238 Å². The highest BCUT2D eigenvalue weighted by Gasteiger charge is 2.41. The number of aliphatic hydroxyl groups is 1. The lowest BCUT2D eigenvalue weighted by Gasteiger charge is -2.19. The molecule has 2 atom stereocenters. The number of carbonyl (C=O) groups excluding carboxylic acids is 2. The number of alkyl halides is 3. The number of nitrogens with two attached hydrogens (primary N) is 2. The highest BCUT2D eigenvalue weighted by molar-refractivity contribution is 5.85. The average molecular weight is 580 g/mol. The topological polar surface area (TPSA) is 137 Å². The van der Waals surface area contributed by atoms with Crippen LogP contribution in [0.2, 0.25) is 0 Å². The SMILES string of the molecule is CCOCC.NCCC[C@@H](N)C(=O)N[C@@H](CO)Cc1ccccc1.O=C(Oc1ccc2ccccc2c1)C(F)(F)F. The molecule has 3 aromatic carbocycles. The largest absolute Gasteiger partial charge is 0.491 e. The molecular weight excluding hydrogens is 539 g/mol. The molecule has 0 bridgehead atoms. The molecule has 41 heavy (non-hydrogen) atoms. The van der Waals surface area contributed by atoms with E-state index in [0.717, 1.165) is 30.6 Å². The zero-order valence-electron chi connectivity index (χ0n) is 23.4. The van der Waals surface area contributed by atoms with Crippen LogP contribution in [-0.2, 0) is 20.7 Å². The summed E-state index contributed by atoms with van der Waals surface area (Å²) >= 11 is 0. The molecule has 0 aromatic heterocycles. The van der Waals surface area contributed by atoms with Gasteiger partial charge >= 0.3 is 12.1 Å². The molecule has 8 nitrogen and oxygen atoms in total. The number of fused-ring (bicyclic) bond motifs is 1. The van der Waals surface area contributed by atoms with Gasteiger partial charge in [0.25, 0.3) is 0 Å². The van der Waals surface area contributed by atoms with Crippen molar-refractivity contribution in [3.63, 3.8) is 0 Å². The number of nitrogens with one attached hydrogen (secondary N) is 1. The van der Waals surface area contributed by atoms with Crippen molar-refractivity contribution >= 4 is 22.6 Å². The number of carbonyl (C=O) groups is 2. The summed E-state index contributed by atoms with van der Waals surface area (Å²) in [6.45, 7) is 6.08. The smallest absolute Gasteiger partial charge is 0.420 e. The molecule has 226 valence electrons. The molecule has 0 aliphatic carbocycles.